The van der Waals surface area contributed by atoms with Crippen LogP contribution < -0.4 is 11.1 Å². The Balaban J connectivity index is 1.90. The van der Waals surface area contributed by atoms with E-state index in [0.717, 1.165) is 13.0 Å². The summed E-state index contributed by atoms with van der Waals surface area (Å²) < 4.78 is 5.69. The Morgan fingerprint density at radius 3 is 2.69 bits per heavy atom. The molecule has 1 aliphatic heterocycles. The first-order valence-electron chi connectivity index (χ1n) is 6.17. The minimum Gasteiger partial charge on any atom is -0.376 e. The van der Waals surface area contributed by atoms with Crippen molar-refractivity contribution in [2.24, 2.45) is 17.1 Å². The summed E-state index contributed by atoms with van der Waals surface area (Å²) in [7, 11) is 0. The first-order chi connectivity index (χ1) is 7.54. The van der Waals surface area contributed by atoms with Gasteiger partial charge in [0.1, 0.15) is 0 Å². The van der Waals surface area contributed by atoms with Crippen LogP contribution in [0, 0.1) is 11.3 Å². The normalized spacial score (nSPS) is 30.4. The van der Waals surface area contributed by atoms with Crippen molar-refractivity contribution in [3.8, 4) is 0 Å². The van der Waals surface area contributed by atoms with Crippen molar-refractivity contribution in [3.63, 3.8) is 0 Å². The third kappa shape index (κ3) is 2.38. The lowest BCUT2D eigenvalue weighted by atomic mass is 9.91. The fourth-order valence-corrected chi connectivity index (χ4v) is 2.11. The summed E-state index contributed by atoms with van der Waals surface area (Å²) in [5, 5.41) is 3.10. The second kappa shape index (κ2) is 4.34. The third-order valence-corrected chi connectivity index (χ3v) is 3.66. The molecule has 0 spiro atoms. The van der Waals surface area contributed by atoms with E-state index in [4.69, 9.17) is 10.5 Å². The highest BCUT2D eigenvalue weighted by Crippen LogP contribution is 2.38. The van der Waals surface area contributed by atoms with Crippen LogP contribution in [0.1, 0.15) is 33.1 Å². The summed E-state index contributed by atoms with van der Waals surface area (Å²) in [6, 6.07) is 0.200. The van der Waals surface area contributed by atoms with Crippen molar-refractivity contribution >= 4 is 5.91 Å². The number of hydrogen-bond donors (Lipinski definition) is 2. The molecule has 3 N–H and O–H groups in total. The van der Waals surface area contributed by atoms with Crippen LogP contribution in [0.5, 0.6) is 0 Å². The molecule has 2 fully saturated rings. The average Bonchev–Trinajstić information content (AvgIpc) is 3.00. The molecule has 0 radical (unpaired) electrons. The molecule has 4 nitrogen and oxygen atoms in total. The highest BCUT2D eigenvalue weighted by atomic mass is 16.5. The average molecular weight is 226 g/mol. The van der Waals surface area contributed by atoms with Crippen molar-refractivity contribution in [1.82, 2.24) is 5.32 Å². The number of hydrogen-bond acceptors (Lipinski definition) is 3. The van der Waals surface area contributed by atoms with Crippen molar-refractivity contribution in [3.05, 3.63) is 0 Å². The minimum atomic E-state index is -0.476. The fraction of sp³-hybridized carbons (Fsp3) is 0.917. The predicted molar refractivity (Wildman–Crippen MR) is 61.8 cm³/mol. The largest absolute Gasteiger partial charge is 0.376 e. The maximum atomic E-state index is 12.0. The molecule has 1 heterocycles. The number of rotatable bonds is 4. The minimum absolute atomic E-state index is 0.0520. The molecule has 2 unspecified atom stereocenters. The highest BCUT2D eigenvalue weighted by molar-refractivity contribution is 5.82. The van der Waals surface area contributed by atoms with Crippen molar-refractivity contribution in [2.45, 2.75) is 45.3 Å². The molecule has 2 atom stereocenters. The molecular weight excluding hydrogens is 204 g/mol. The third-order valence-electron chi connectivity index (χ3n) is 3.66. The molecular formula is C12H22N2O2. The monoisotopic (exact) mass is 226 g/mol. The highest BCUT2D eigenvalue weighted by Gasteiger charge is 2.42. The zero-order valence-electron chi connectivity index (χ0n) is 10.2. The Labute approximate surface area is 96.9 Å². The summed E-state index contributed by atoms with van der Waals surface area (Å²) in [5.74, 6) is 0.727. The van der Waals surface area contributed by atoms with Gasteiger partial charge in [0.15, 0.2) is 0 Å². The summed E-state index contributed by atoms with van der Waals surface area (Å²) >= 11 is 0. The quantitative estimate of drug-likeness (QED) is 0.740. The molecule has 0 aromatic heterocycles. The number of nitrogens with one attached hydrogen (secondary N) is 1. The topological polar surface area (TPSA) is 64.4 Å². The van der Waals surface area contributed by atoms with E-state index in [1.165, 1.54) is 12.8 Å². The molecule has 2 aliphatic rings. The predicted octanol–water partition coefficient (Wildman–Crippen LogP) is 0.655. The van der Waals surface area contributed by atoms with E-state index >= 15 is 0 Å². The Morgan fingerprint density at radius 1 is 1.44 bits per heavy atom. The zero-order chi connectivity index (χ0) is 11.8. The number of amides is 1. The van der Waals surface area contributed by atoms with Gasteiger partial charge in [-0.25, -0.2) is 0 Å². The molecule has 1 amide bonds. The van der Waals surface area contributed by atoms with Gasteiger partial charge in [-0.15, -0.1) is 0 Å². The summed E-state index contributed by atoms with van der Waals surface area (Å²) in [5.41, 5.74) is 5.12. The molecule has 2 rings (SSSR count). The van der Waals surface area contributed by atoms with Gasteiger partial charge >= 0.3 is 0 Å². The standard InChI is InChI=1S/C12H22N2O2/c1-12(2,7-13)11(15)14-9-5-6-16-10(9)8-3-4-8/h8-10H,3-7,13H2,1-2H3,(H,14,15). The van der Waals surface area contributed by atoms with Gasteiger partial charge in [0, 0.05) is 13.2 Å². The van der Waals surface area contributed by atoms with E-state index in [0.29, 0.717) is 12.5 Å². The van der Waals surface area contributed by atoms with E-state index < -0.39 is 5.41 Å². The summed E-state index contributed by atoms with van der Waals surface area (Å²) in [6.45, 7) is 4.91. The molecule has 4 heteroatoms. The van der Waals surface area contributed by atoms with Crippen LogP contribution in [-0.2, 0) is 9.53 Å². The van der Waals surface area contributed by atoms with Crippen LogP contribution in [0.3, 0.4) is 0 Å². The van der Waals surface area contributed by atoms with Gasteiger partial charge in [-0.05, 0) is 39.0 Å². The van der Waals surface area contributed by atoms with Crippen LogP contribution in [-0.4, -0.2) is 31.2 Å². The molecule has 0 aromatic carbocycles. The van der Waals surface area contributed by atoms with Crippen LogP contribution in [0.15, 0.2) is 0 Å². The maximum Gasteiger partial charge on any atom is 0.227 e. The molecule has 92 valence electrons. The van der Waals surface area contributed by atoms with E-state index in [-0.39, 0.29) is 18.1 Å². The van der Waals surface area contributed by atoms with Crippen molar-refractivity contribution in [2.75, 3.05) is 13.2 Å². The summed E-state index contributed by atoms with van der Waals surface area (Å²) in [6.07, 6.45) is 3.68. The molecule has 0 bridgehead atoms. The van der Waals surface area contributed by atoms with Gasteiger partial charge in [-0.3, -0.25) is 4.79 Å². The second-order valence-electron chi connectivity index (χ2n) is 5.63. The molecule has 1 aliphatic carbocycles. The SMILES string of the molecule is CC(C)(CN)C(=O)NC1CCOC1C1CC1. The first kappa shape index (κ1) is 11.9. The van der Waals surface area contributed by atoms with Crippen LogP contribution in [0.2, 0.25) is 0 Å². The number of ether oxygens (including phenoxy) is 1. The van der Waals surface area contributed by atoms with Gasteiger partial charge in [0.2, 0.25) is 5.91 Å². The summed E-state index contributed by atoms with van der Waals surface area (Å²) in [4.78, 5) is 12.0. The van der Waals surface area contributed by atoms with Crippen molar-refractivity contribution in [1.29, 1.82) is 0 Å². The Bertz CT molecular complexity index is 274. The first-order valence-corrected chi connectivity index (χ1v) is 6.17. The van der Waals surface area contributed by atoms with E-state index in [1.807, 2.05) is 13.8 Å². The Hall–Kier alpha value is -0.610. The van der Waals surface area contributed by atoms with E-state index in [2.05, 4.69) is 5.32 Å². The van der Waals surface area contributed by atoms with Crippen LogP contribution >= 0.6 is 0 Å². The molecule has 16 heavy (non-hydrogen) atoms. The van der Waals surface area contributed by atoms with Gasteiger partial charge in [0.05, 0.1) is 17.6 Å². The lowest BCUT2D eigenvalue weighted by Gasteiger charge is -2.26. The number of carbonyl (C=O) groups excluding carboxylic acids is 1. The van der Waals surface area contributed by atoms with Gasteiger partial charge in [-0.1, -0.05) is 0 Å². The molecule has 0 aromatic rings. The number of nitrogens with two attached hydrogens (primary N) is 1. The fourth-order valence-electron chi connectivity index (χ4n) is 2.11. The number of carbonyl (C=O) groups is 1. The zero-order valence-corrected chi connectivity index (χ0v) is 10.2. The molecule has 1 saturated heterocycles. The maximum absolute atomic E-state index is 12.0. The second-order valence-corrected chi connectivity index (χ2v) is 5.63. The Kier molecular flexibility index (Phi) is 3.22. The van der Waals surface area contributed by atoms with Crippen LogP contribution in [0.4, 0.5) is 0 Å². The van der Waals surface area contributed by atoms with Crippen molar-refractivity contribution < 1.29 is 9.53 Å². The van der Waals surface area contributed by atoms with Gasteiger partial charge in [-0.2, -0.15) is 0 Å². The van der Waals surface area contributed by atoms with E-state index in [9.17, 15) is 4.79 Å². The smallest absolute Gasteiger partial charge is 0.227 e. The van der Waals surface area contributed by atoms with E-state index in [1.54, 1.807) is 0 Å². The molecule has 1 saturated carbocycles. The lowest BCUT2D eigenvalue weighted by Crippen LogP contribution is -2.49. The Morgan fingerprint density at radius 2 is 2.12 bits per heavy atom. The van der Waals surface area contributed by atoms with Gasteiger partial charge in [0.25, 0.3) is 0 Å². The van der Waals surface area contributed by atoms with Gasteiger partial charge < -0.3 is 15.8 Å². The lowest BCUT2D eigenvalue weighted by molar-refractivity contribution is -0.130. The van der Waals surface area contributed by atoms with Crippen LogP contribution in [0.25, 0.3) is 0 Å².